The van der Waals surface area contributed by atoms with Crippen LogP contribution in [0.1, 0.15) is 25.3 Å². The molecule has 0 unspecified atom stereocenters. The minimum absolute atomic E-state index is 0. The Morgan fingerprint density at radius 1 is 1.45 bits per heavy atom. The second kappa shape index (κ2) is 10.8. The molecule has 0 saturated carbocycles. The van der Waals surface area contributed by atoms with Crippen LogP contribution in [0.4, 0.5) is 0 Å². The van der Waals surface area contributed by atoms with E-state index >= 15 is 0 Å². The average molecular weight is 418 g/mol. The van der Waals surface area contributed by atoms with Gasteiger partial charge in [-0.1, -0.05) is 6.07 Å². The van der Waals surface area contributed by atoms with E-state index < -0.39 is 0 Å². The molecule has 0 amide bonds. The summed E-state index contributed by atoms with van der Waals surface area (Å²) in [6.07, 6.45) is 7.26. The number of pyridine rings is 1. The summed E-state index contributed by atoms with van der Waals surface area (Å²) in [4.78, 5) is 10.8. The molecule has 0 aliphatic carbocycles. The predicted molar refractivity (Wildman–Crippen MR) is 101 cm³/mol. The lowest BCUT2D eigenvalue weighted by Gasteiger charge is -2.34. The van der Waals surface area contributed by atoms with E-state index in [1.165, 1.54) is 5.56 Å². The predicted octanol–water partition coefficient (Wildman–Crippen LogP) is 2.32. The molecule has 124 valence electrons. The molecule has 1 aliphatic heterocycles. The number of halogens is 1. The number of nitrogens with one attached hydrogen (secondary N) is 1. The van der Waals surface area contributed by atoms with Crippen LogP contribution >= 0.6 is 24.0 Å². The zero-order valence-electron chi connectivity index (χ0n) is 13.5. The fourth-order valence-corrected chi connectivity index (χ4v) is 2.67. The van der Waals surface area contributed by atoms with Crippen molar-refractivity contribution in [3.63, 3.8) is 0 Å². The minimum atomic E-state index is 0. The standard InChI is InChI=1S/C16H26N4O.HI/c1-3-21-15-7-11-20(12-8-15)16(17-2)19-10-6-14-5-4-9-18-13-14;/h4-5,9,13,15H,3,6-8,10-12H2,1-2H3,(H,17,19);1H. The first kappa shape index (κ1) is 19.2. The highest BCUT2D eigenvalue weighted by Gasteiger charge is 2.21. The van der Waals surface area contributed by atoms with Crippen molar-refractivity contribution in [1.29, 1.82) is 0 Å². The second-order valence-corrected chi connectivity index (χ2v) is 5.23. The monoisotopic (exact) mass is 418 g/mol. The number of rotatable bonds is 5. The summed E-state index contributed by atoms with van der Waals surface area (Å²) in [6.45, 7) is 5.77. The van der Waals surface area contributed by atoms with E-state index in [-0.39, 0.29) is 24.0 Å². The lowest BCUT2D eigenvalue weighted by molar-refractivity contribution is 0.0264. The van der Waals surface area contributed by atoms with Gasteiger partial charge in [-0.05, 0) is 37.8 Å². The van der Waals surface area contributed by atoms with Crippen molar-refractivity contribution in [3.05, 3.63) is 30.1 Å². The smallest absolute Gasteiger partial charge is 0.193 e. The number of aliphatic imine (C=N–C) groups is 1. The molecule has 1 saturated heterocycles. The van der Waals surface area contributed by atoms with Crippen LogP contribution in [0.5, 0.6) is 0 Å². The molecule has 1 fully saturated rings. The van der Waals surface area contributed by atoms with Crippen LogP contribution in [-0.2, 0) is 11.2 Å². The molecule has 2 rings (SSSR count). The Morgan fingerprint density at radius 3 is 2.82 bits per heavy atom. The van der Waals surface area contributed by atoms with Gasteiger partial charge in [-0.3, -0.25) is 9.98 Å². The molecule has 1 aromatic rings. The molecular formula is C16H27IN4O. The van der Waals surface area contributed by atoms with Crippen molar-refractivity contribution in [1.82, 2.24) is 15.2 Å². The summed E-state index contributed by atoms with van der Waals surface area (Å²) in [6, 6.07) is 4.08. The van der Waals surface area contributed by atoms with Crippen LogP contribution < -0.4 is 5.32 Å². The molecule has 0 radical (unpaired) electrons. The number of hydrogen-bond donors (Lipinski definition) is 1. The number of nitrogens with zero attached hydrogens (tertiary/aromatic N) is 3. The van der Waals surface area contributed by atoms with E-state index in [1.807, 2.05) is 19.3 Å². The topological polar surface area (TPSA) is 49.8 Å². The molecule has 1 aromatic heterocycles. The van der Waals surface area contributed by atoms with Gasteiger partial charge in [0.15, 0.2) is 5.96 Å². The highest BCUT2D eigenvalue weighted by Crippen LogP contribution is 2.13. The second-order valence-electron chi connectivity index (χ2n) is 5.23. The Labute approximate surface area is 150 Å². The van der Waals surface area contributed by atoms with Gasteiger partial charge in [-0.2, -0.15) is 0 Å². The minimum Gasteiger partial charge on any atom is -0.378 e. The fraction of sp³-hybridized carbons (Fsp3) is 0.625. The van der Waals surface area contributed by atoms with E-state index in [4.69, 9.17) is 4.74 Å². The molecule has 2 heterocycles. The number of ether oxygens (including phenoxy) is 1. The fourth-order valence-electron chi connectivity index (χ4n) is 2.67. The Kier molecular flexibility index (Phi) is 9.38. The largest absolute Gasteiger partial charge is 0.378 e. The molecule has 1 aliphatic rings. The van der Waals surface area contributed by atoms with Crippen molar-refractivity contribution < 1.29 is 4.74 Å². The zero-order chi connectivity index (χ0) is 14.9. The van der Waals surface area contributed by atoms with Crippen LogP contribution in [0.15, 0.2) is 29.5 Å². The third kappa shape index (κ3) is 6.08. The third-order valence-electron chi connectivity index (χ3n) is 3.78. The van der Waals surface area contributed by atoms with Crippen molar-refractivity contribution in [2.75, 3.05) is 33.3 Å². The average Bonchev–Trinajstić information content (AvgIpc) is 2.54. The maximum atomic E-state index is 5.69. The van der Waals surface area contributed by atoms with E-state index in [9.17, 15) is 0 Å². The summed E-state index contributed by atoms with van der Waals surface area (Å²) in [5.41, 5.74) is 1.25. The molecular weight excluding hydrogens is 391 g/mol. The summed E-state index contributed by atoms with van der Waals surface area (Å²) < 4.78 is 5.69. The van der Waals surface area contributed by atoms with Gasteiger partial charge in [-0.25, -0.2) is 0 Å². The van der Waals surface area contributed by atoms with Crippen molar-refractivity contribution in [2.45, 2.75) is 32.3 Å². The zero-order valence-corrected chi connectivity index (χ0v) is 15.8. The third-order valence-corrected chi connectivity index (χ3v) is 3.78. The number of aromatic nitrogens is 1. The van der Waals surface area contributed by atoms with Gasteiger partial charge in [0.1, 0.15) is 0 Å². The summed E-state index contributed by atoms with van der Waals surface area (Å²) in [7, 11) is 1.85. The van der Waals surface area contributed by atoms with Crippen LogP contribution in [0.25, 0.3) is 0 Å². The Bertz CT molecular complexity index is 433. The maximum Gasteiger partial charge on any atom is 0.193 e. The van der Waals surface area contributed by atoms with Gasteiger partial charge in [0, 0.05) is 45.7 Å². The van der Waals surface area contributed by atoms with Crippen molar-refractivity contribution in [3.8, 4) is 0 Å². The highest BCUT2D eigenvalue weighted by atomic mass is 127. The van der Waals surface area contributed by atoms with Crippen LogP contribution in [0, 0.1) is 0 Å². The summed E-state index contributed by atoms with van der Waals surface area (Å²) >= 11 is 0. The quantitative estimate of drug-likeness (QED) is 0.453. The van der Waals surface area contributed by atoms with Gasteiger partial charge in [0.25, 0.3) is 0 Å². The number of likely N-dealkylation sites (tertiary alicyclic amines) is 1. The van der Waals surface area contributed by atoms with Crippen LogP contribution in [0.3, 0.4) is 0 Å². The molecule has 0 spiro atoms. The van der Waals surface area contributed by atoms with Crippen LogP contribution in [0.2, 0.25) is 0 Å². The van der Waals surface area contributed by atoms with Crippen molar-refractivity contribution >= 4 is 29.9 Å². The molecule has 6 heteroatoms. The van der Waals surface area contributed by atoms with E-state index in [0.717, 1.165) is 51.5 Å². The van der Waals surface area contributed by atoms with E-state index in [1.54, 1.807) is 6.20 Å². The van der Waals surface area contributed by atoms with Crippen molar-refractivity contribution in [2.24, 2.45) is 4.99 Å². The molecule has 0 aromatic carbocycles. The molecule has 0 bridgehead atoms. The first-order chi connectivity index (χ1) is 10.3. The lowest BCUT2D eigenvalue weighted by Crippen LogP contribution is -2.47. The molecule has 5 nitrogen and oxygen atoms in total. The van der Waals surface area contributed by atoms with Gasteiger partial charge in [0.2, 0.25) is 0 Å². The maximum absolute atomic E-state index is 5.69. The first-order valence-electron chi connectivity index (χ1n) is 7.79. The molecule has 22 heavy (non-hydrogen) atoms. The van der Waals surface area contributed by atoms with Gasteiger partial charge in [-0.15, -0.1) is 24.0 Å². The van der Waals surface area contributed by atoms with Gasteiger partial charge < -0.3 is 15.0 Å². The normalized spacial score (nSPS) is 16.3. The number of hydrogen-bond acceptors (Lipinski definition) is 3. The number of guanidine groups is 1. The van der Waals surface area contributed by atoms with E-state index in [2.05, 4.69) is 33.2 Å². The lowest BCUT2D eigenvalue weighted by atomic mass is 10.1. The molecule has 0 atom stereocenters. The van der Waals surface area contributed by atoms with Gasteiger partial charge >= 0.3 is 0 Å². The Hall–Kier alpha value is -0.890. The van der Waals surface area contributed by atoms with E-state index in [0.29, 0.717) is 6.10 Å². The number of piperidine rings is 1. The van der Waals surface area contributed by atoms with Crippen LogP contribution in [-0.4, -0.2) is 55.2 Å². The first-order valence-corrected chi connectivity index (χ1v) is 7.79. The Morgan fingerprint density at radius 2 is 2.23 bits per heavy atom. The SMILES string of the molecule is CCOC1CCN(C(=NC)NCCc2cccnc2)CC1.I. The Balaban J connectivity index is 0.00000242. The summed E-state index contributed by atoms with van der Waals surface area (Å²) in [5, 5.41) is 3.44. The highest BCUT2D eigenvalue weighted by molar-refractivity contribution is 14.0. The summed E-state index contributed by atoms with van der Waals surface area (Å²) in [5.74, 6) is 0.994. The molecule has 1 N–H and O–H groups in total. The van der Waals surface area contributed by atoms with Gasteiger partial charge in [0.05, 0.1) is 6.10 Å².